The van der Waals surface area contributed by atoms with E-state index in [0.717, 1.165) is 17.7 Å². The Labute approximate surface area is 78.8 Å². The second kappa shape index (κ2) is 3.73. The average molecular weight is 180 g/mol. The Bertz CT molecular complexity index is 313. The number of carbonyl (C=O) groups excluding carboxylic acids is 1. The van der Waals surface area contributed by atoms with E-state index in [0.29, 0.717) is 0 Å². The molecule has 1 rings (SSSR count). The summed E-state index contributed by atoms with van der Waals surface area (Å²) >= 11 is 0. The van der Waals surface area contributed by atoms with Gasteiger partial charge in [-0.1, -0.05) is 20.8 Å². The average Bonchev–Trinajstić information content (AvgIpc) is 2.45. The van der Waals surface area contributed by atoms with E-state index >= 15 is 0 Å². The molecule has 0 amide bonds. The first-order chi connectivity index (χ1) is 6.06. The summed E-state index contributed by atoms with van der Waals surface area (Å²) in [6.45, 7) is 5.84. The highest BCUT2D eigenvalue weighted by Crippen LogP contribution is 2.12. The van der Waals surface area contributed by atoms with Gasteiger partial charge in [0, 0.05) is 19.2 Å². The number of hydrogen-bond acceptors (Lipinski definition) is 2. The topological polar surface area (TPSA) is 34.9 Å². The third-order valence-corrected chi connectivity index (χ3v) is 2.03. The van der Waals surface area contributed by atoms with Gasteiger partial charge in [0.1, 0.15) is 0 Å². The van der Waals surface area contributed by atoms with Crippen LogP contribution in [0.4, 0.5) is 0 Å². The maximum atomic E-state index is 11.7. The van der Waals surface area contributed by atoms with Gasteiger partial charge < -0.3 is 0 Å². The quantitative estimate of drug-likeness (QED) is 0.665. The molecule has 3 nitrogen and oxygen atoms in total. The summed E-state index contributed by atoms with van der Waals surface area (Å²) in [5, 5.41) is 4.23. The summed E-state index contributed by atoms with van der Waals surface area (Å²) < 4.78 is 1.70. The van der Waals surface area contributed by atoms with E-state index in [2.05, 4.69) is 5.10 Å². The Morgan fingerprint density at radius 1 is 1.62 bits per heavy atom. The lowest BCUT2D eigenvalue weighted by Crippen LogP contribution is -2.08. The van der Waals surface area contributed by atoms with E-state index in [1.165, 1.54) is 0 Å². The Kier molecular flexibility index (Phi) is 2.86. The van der Waals surface area contributed by atoms with Gasteiger partial charge in [-0.2, -0.15) is 5.10 Å². The van der Waals surface area contributed by atoms with Crippen molar-refractivity contribution in [2.24, 2.45) is 13.0 Å². The highest BCUT2D eigenvalue weighted by atomic mass is 16.1. The number of ketones is 1. The Balaban J connectivity index is 3.05. The van der Waals surface area contributed by atoms with Crippen LogP contribution in [0.5, 0.6) is 0 Å². The van der Waals surface area contributed by atoms with Gasteiger partial charge in [0.25, 0.3) is 0 Å². The lowest BCUT2D eigenvalue weighted by atomic mass is 10.0. The van der Waals surface area contributed by atoms with E-state index in [-0.39, 0.29) is 11.7 Å². The van der Waals surface area contributed by atoms with Crippen LogP contribution >= 0.6 is 0 Å². The van der Waals surface area contributed by atoms with E-state index < -0.39 is 0 Å². The number of aromatic nitrogens is 2. The number of aryl methyl sites for hydroxylation is 2. The molecule has 0 spiro atoms. The smallest absolute Gasteiger partial charge is 0.168 e. The zero-order valence-corrected chi connectivity index (χ0v) is 8.66. The van der Waals surface area contributed by atoms with Crippen molar-refractivity contribution >= 4 is 5.78 Å². The number of hydrogen-bond donors (Lipinski definition) is 0. The van der Waals surface area contributed by atoms with Crippen LogP contribution in [0.3, 0.4) is 0 Å². The van der Waals surface area contributed by atoms with Crippen molar-refractivity contribution in [2.75, 3.05) is 0 Å². The summed E-state index contributed by atoms with van der Waals surface area (Å²) in [6, 6.07) is 0. The van der Waals surface area contributed by atoms with Crippen molar-refractivity contribution in [2.45, 2.75) is 27.2 Å². The maximum absolute atomic E-state index is 11.7. The van der Waals surface area contributed by atoms with E-state index in [9.17, 15) is 4.79 Å². The summed E-state index contributed by atoms with van der Waals surface area (Å²) in [7, 11) is 1.84. The van der Waals surface area contributed by atoms with Crippen LogP contribution in [0.2, 0.25) is 0 Å². The molecule has 0 saturated heterocycles. The van der Waals surface area contributed by atoms with Gasteiger partial charge in [-0.25, -0.2) is 0 Å². The van der Waals surface area contributed by atoms with Crippen molar-refractivity contribution < 1.29 is 4.79 Å². The third-order valence-electron chi connectivity index (χ3n) is 2.03. The monoisotopic (exact) mass is 180 g/mol. The molecule has 0 radical (unpaired) electrons. The van der Waals surface area contributed by atoms with Gasteiger partial charge in [-0.05, 0) is 6.42 Å². The van der Waals surface area contributed by atoms with Gasteiger partial charge in [-0.3, -0.25) is 9.48 Å². The van der Waals surface area contributed by atoms with Gasteiger partial charge in [0.05, 0.1) is 11.3 Å². The van der Waals surface area contributed by atoms with Crippen molar-refractivity contribution in [1.82, 2.24) is 9.78 Å². The highest BCUT2D eigenvalue weighted by Gasteiger charge is 2.16. The minimum Gasteiger partial charge on any atom is -0.294 e. The van der Waals surface area contributed by atoms with E-state index in [1.807, 2.05) is 27.8 Å². The fourth-order valence-corrected chi connectivity index (χ4v) is 1.31. The predicted molar refractivity (Wildman–Crippen MR) is 51.8 cm³/mol. The molecular weight excluding hydrogens is 164 g/mol. The van der Waals surface area contributed by atoms with Gasteiger partial charge in [-0.15, -0.1) is 0 Å². The predicted octanol–water partition coefficient (Wildman–Crippen LogP) is 1.82. The zero-order valence-electron chi connectivity index (χ0n) is 8.66. The largest absolute Gasteiger partial charge is 0.294 e. The van der Waals surface area contributed by atoms with Crippen molar-refractivity contribution in [3.63, 3.8) is 0 Å². The first-order valence-electron chi connectivity index (χ1n) is 4.63. The molecule has 0 bridgehead atoms. The fourth-order valence-electron chi connectivity index (χ4n) is 1.31. The van der Waals surface area contributed by atoms with Crippen molar-refractivity contribution in [3.8, 4) is 0 Å². The SMILES string of the molecule is CCc1nn(C)cc1C(=O)C(C)C. The van der Waals surface area contributed by atoms with Crippen LogP contribution < -0.4 is 0 Å². The molecule has 1 aromatic rings. The molecule has 0 aromatic carbocycles. The molecule has 0 saturated carbocycles. The van der Waals surface area contributed by atoms with E-state index in [1.54, 1.807) is 10.9 Å². The van der Waals surface area contributed by atoms with Crippen LogP contribution in [-0.4, -0.2) is 15.6 Å². The lowest BCUT2D eigenvalue weighted by Gasteiger charge is -2.01. The Morgan fingerprint density at radius 3 is 2.69 bits per heavy atom. The number of rotatable bonds is 3. The van der Waals surface area contributed by atoms with Crippen LogP contribution in [-0.2, 0) is 13.5 Å². The van der Waals surface area contributed by atoms with Crippen LogP contribution in [0.1, 0.15) is 36.8 Å². The molecule has 0 N–H and O–H groups in total. The maximum Gasteiger partial charge on any atom is 0.168 e. The molecule has 0 aliphatic heterocycles. The summed E-state index contributed by atoms with van der Waals surface area (Å²) in [6.07, 6.45) is 2.62. The highest BCUT2D eigenvalue weighted by molar-refractivity contribution is 5.98. The summed E-state index contributed by atoms with van der Waals surface area (Å²) in [5.41, 5.74) is 1.68. The second-order valence-corrected chi connectivity index (χ2v) is 3.54. The zero-order chi connectivity index (χ0) is 10.0. The number of Topliss-reactive ketones (excluding diaryl/α,β-unsaturated/α-hetero) is 1. The normalized spacial score (nSPS) is 10.8. The molecule has 72 valence electrons. The molecule has 1 heterocycles. The molecule has 0 aliphatic rings. The first kappa shape index (κ1) is 9.96. The molecule has 0 atom stereocenters. The third kappa shape index (κ3) is 1.97. The number of carbonyl (C=O) groups is 1. The first-order valence-corrected chi connectivity index (χ1v) is 4.63. The molecule has 0 aliphatic carbocycles. The van der Waals surface area contributed by atoms with Crippen LogP contribution in [0.15, 0.2) is 6.20 Å². The van der Waals surface area contributed by atoms with Crippen LogP contribution in [0.25, 0.3) is 0 Å². The van der Waals surface area contributed by atoms with E-state index in [4.69, 9.17) is 0 Å². The van der Waals surface area contributed by atoms with Crippen LogP contribution in [0, 0.1) is 5.92 Å². The molecule has 1 aromatic heterocycles. The minimum atomic E-state index is 0.0505. The fraction of sp³-hybridized carbons (Fsp3) is 0.600. The lowest BCUT2D eigenvalue weighted by molar-refractivity contribution is 0.0938. The standard InChI is InChI=1S/C10H16N2O/c1-5-9-8(6-12(4)11-9)10(13)7(2)3/h6-7H,5H2,1-4H3. The minimum absolute atomic E-state index is 0.0505. The Hall–Kier alpha value is -1.12. The van der Waals surface area contributed by atoms with Gasteiger partial charge >= 0.3 is 0 Å². The second-order valence-electron chi connectivity index (χ2n) is 3.54. The molecule has 3 heteroatoms. The molecule has 13 heavy (non-hydrogen) atoms. The van der Waals surface area contributed by atoms with Crippen molar-refractivity contribution in [1.29, 1.82) is 0 Å². The number of nitrogens with zero attached hydrogens (tertiary/aromatic N) is 2. The summed E-state index contributed by atoms with van der Waals surface area (Å²) in [4.78, 5) is 11.7. The Morgan fingerprint density at radius 2 is 2.23 bits per heavy atom. The van der Waals surface area contributed by atoms with Gasteiger partial charge in [0.2, 0.25) is 0 Å². The summed E-state index contributed by atoms with van der Waals surface area (Å²) in [5.74, 6) is 0.236. The van der Waals surface area contributed by atoms with Crippen molar-refractivity contribution in [3.05, 3.63) is 17.5 Å². The van der Waals surface area contributed by atoms with Gasteiger partial charge in [0.15, 0.2) is 5.78 Å². The molecular formula is C10H16N2O. The molecule has 0 fully saturated rings. The molecule has 0 unspecified atom stereocenters.